The molecular weight excluding hydrogens is 270 g/mol. The van der Waals surface area contributed by atoms with Crippen molar-refractivity contribution >= 4 is 27.4 Å². The molecule has 0 aliphatic heterocycles. The van der Waals surface area contributed by atoms with Gasteiger partial charge in [0.05, 0.1) is 17.3 Å². The molecule has 94 valence electrons. The van der Waals surface area contributed by atoms with E-state index >= 15 is 0 Å². The first-order valence-electron chi connectivity index (χ1n) is 5.00. The molecule has 1 aromatic carbocycles. The van der Waals surface area contributed by atoms with Gasteiger partial charge in [0.1, 0.15) is 10.8 Å². The zero-order valence-electron chi connectivity index (χ0n) is 9.57. The molecule has 0 unspecified atom stereocenters. The SMILES string of the molecule is CS(=O)(=O)c1ccc(Sc2cnc(N)cn2)cc1. The Morgan fingerprint density at radius 2 is 1.78 bits per heavy atom. The summed E-state index contributed by atoms with van der Waals surface area (Å²) in [7, 11) is -3.15. The van der Waals surface area contributed by atoms with Gasteiger partial charge in [0, 0.05) is 11.2 Å². The Labute approximate surface area is 109 Å². The van der Waals surface area contributed by atoms with Gasteiger partial charge in [-0.05, 0) is 24.3 Å². The molecule has 0 saturated carbocycles. The molecule has 0 bridgehead atoms. The van der Waals surface area contributed by atoms with E-state index in [9.17, 15) is 8.42 Å². The van der Waals surface area contributed by atoms with E-state index in [-0.39, 0.29) is 0 Å². The number of sulfone groups is 1. The highest BCUT2D eigenvalue weighted by Gasteiger charge is 2.06. The van der Waals surface area contributed by atoms with Crippen molar-refractivity contribution in [3.05, 3.63) is 36.7 Å². The summed E-state index contributed by atoms with van der Waals surface area (Å²) in [5.74, 6) is 0.367. The monoisotopic (exact) mass is 281 g/mol. The van der Waals surface area contributed by atoms with Gasteiger partial charge in [-0.25, -0.2) is 18.4 Å². The lowest BCUT2D eigenvalue weighted by Gasteiger charge is -2.02. The van der Waals surface area contributed by atoms with E-state index in [0.717, 1.165) is 4.90 Å². The Balaban J connectivity index is 2.18. The van der Waals surface area contributed by atoms with Gasteiger partial charge in [0.25, 0.3) is 0 Å². The average Bonchev–Trinajstić information content (AvgIpc) is 2.32. The first-order chi connectivity index (χ1) is 8.45. The van der Waals surface area contributed by atoms with Crippen LogP contribution >= 0.6 is 11.8 Å². The van der Waals surface area contributed by atoms with E-state index in [1.54, 1.807) is 30.5 Å². The largest absolute Gasteiger partial charge is 0.382 e. The molecule has 2 aromatic rings. The van der Waals surface area contributed by atoms with Gasteiger partial charge in [-0.3, -0.25) is 0 Å². The lowest BCUT2D eigenvalue weighted by atomic mass is 10.4. The summed E-state index contributed by atoms with van der Waals surface area (Å²) in [6, 6.07) is 6.61. The summed E-state index contributed by atoms with van der Waals surface area (Å²) >= 11 is 1.39. The Morgan fingerprint density at radius 1 is 1.11 bits per heavy atom. The lowest BCUT2D eigenvalue weighted by Crippen LogP contribution is -1.96. The van der Waals surface area contributed by atoms with Crippen molar-refractivity contribution in [2.75, 3.05) is 12.0 Å². The van der Waals surface area contributed by atoms with Crippen LogP contribution in [0.5, 0.6) is 0 Å². The summed E-state index contributed by atoms with van der Waals surface area (Å²) in [5, 5.41) is 0.705. The van der Waals surface area contributed by atoms with Crippen molar-refractivity contribution < 1.29 is 8.42 Å². The lowest BCUT2D eigenvalue weighted by molar-refractivity contribution is 0.602. The van der Waals surface area contributed by atoms with E-state index in [0.29, 0.717) is 15.7 Å². The number of anilines is 1. The van der Waals surface area contributed by atoms with Crippen LogP contribution in [0.3, 0.4) is 0 Å². The number of benzene rings is 1. The van der Waals surface area contributed by atoms with E-state index in [1.165, 1.54) is 24.2 Å². The van der Waals surface area contributed by atoms with Crippen molar-refractivity contribution in [2.24, 2.45) is 0 Å². The molecule has 0 aliphatic carbocycles. The van der Waals surface area contributed by atoms with Crippen LogP contribution in [-0.2, 0) is 9.84 Å². The molecule has 0 aliphatic rings. The molecule has 5 nitrogen and oxygen atoms in total. The van der Waals surface area contributed by atoms with Crippen LogP contribution in [0.2, 0.25) is 0 Å². The van der Waals surface area contributed by atoms with Gasteiger partial charge in [-0.1, -0.05) is 11.8 Å². The average molecular weight is 281 g/mol. The maximum absolute atomic E-state index is 11.3. The van der Waals surface area contributed by atoms with Gasteiger partial charge >= 0.3 is 0 Å². The van der Waals surface area contributed by atoms with Crippen molar-refractivity contribution in [2.45, 2.75) is 14.8 Å². The summed E-state index contributed by atoms with van der Waals surface area (Å²) < 4.78 is 22.6. The minimum absolute atomic E-state index is 0.301. The van der Waals surface area contributed by atoms with E-state index < -0.39 is 9.84 Å². The molecule has 0 atom stereocenters. The predicted octanol–water partition coefficient (Wildman–Crippen LogP) is 1.61. The fraction of sp³-hybridized carbons (Fsp3) is 0.0909. The van der Waals surface area contributed by atoms with Crippen LogP contribution in [0, 0.1) is 0 Å². The molecule has 0 spiro atoms. The predicted molar refractivity (Wildman–Crippen MR) is 70.1 cm³/mol. The van der Waals surface area contributed by atoms with Crippen molar-refractivity contribution in [3.63, 3.8) is 0 Å². The van der Waals surface area contributed by atoms with Crippen LogP contribution < -0.4 is 5.73 Å². The highest BCUT2D eigenvalue weighted by atomic mass is 32.2. The topological polar surface area (TPSA) is 85.9 Å². The van der Waals surface area contributed by atoms with Gasteiger partial charge < -0.3 is 5.73 Å². The van der Waals surface area contributed by atoms with E-state index in [2.05, 4.69) is 9.97 Å². The Bertz CT molecular complexity index is 637. The number of nitrogen functional groups attached to an aromatic ring is 1. The van der Waals surface area contributed by atoms with Crippen molar-refractivity contribution in [1.29, 1.82) is 0 Å². The fourth-order valence-corrected chi connectivity index (χ4v) is 2.61. The molecule has 2 rings (SSSR count). The number of nitrogens with zero attached hydrogens (tertiary/aromatic N) is 2. The number of rotatable bonds is 3. The molecule has 1 aromatic heterocycles. The standard InChI is InChI=1S/C11H11N3O2S2/c1-18(15,16)9-4-2-8(3-5-9)17-11-7-13-10(12)6-14-11/h2-7H,1H3,(H2,12,13). The maximum atomic E-state index is 11.3. The molecule has 7 heteroatoms. The third-order valence-corrected chi connectivity index (χ3v) is 4.18. The molecule has 0 radical (unpaired) electrons. The second-order valence-electron chi connectivity index (χ2n) is 3.63. The molecule has 0 fully saturated rings. The smallest absolute Gasteiger partial charge is 0.175 e. The Morgan fingerprint density at radius 3 is 2.28 bits per heavy atom. The van der Waals surface area contributed by atoms with Crippen molar-refractivity contribution in [3.8, 4) is 0 Å². The zero-order valence-corrected chi connectivity index (χ0v) is 11.2. The fourth-order valence-electron chi connectivity index (χ4n) is 1.25. The van der Waals surface area contributed by atoms with Gasteiger partial charge in [-0.15, -0.1) is 0 Å². The van der Waals surface area contributed by atoms with Crippen LogP contribution in [0.25, 0.3) is 0 Å². The second kappa shape index (κ2) is 4.95. The van der Waals surface area contributed by atoms with Crippen LogP contribution in [-0.4, -0.2) is 24.6 Å². The summed E-state index contributed by atoms with van der Waals surface area (Å²) in [4.78, 5) is 9.22. The van der Waals surface area contributed by atoms with E-state index in [1.807, 2.05) is 0 Å². The Kier molecular flexibility index (Phi) is 3.53. The highest BCUT2D eigenvalue weighted by Crippen LogP contribution is 2.26. The number of nitrogens with two attached hydrogens (primary N) is 1. The third-order valence-electron chi connectivity index (χ3n) is 2.12. The first kappa shape index (κ1) is 12.8. The third kappa shape index (κ3) is 3.21. The van der Waals surface area contributed by atoms with Crippen LogP contribution in [0.4, 0.5) is 5.82 Å². The summed E-state index contributed by atoms with van der Waals surface area (Å²) in [6.45, 7) is 0. The summed E-state index contributed by atoms with van der Waals surface area (Å²) in [6.07, 6.45) is 4.23. The number of hydrogen-bond donors (Lipinski definition) is 1. The first-order valence-corrected chi connectivity index (χ1v) is 7.71. The van der Waals surface area contributed by atoms with Crippen LogP contribution in [0.15, 0.2) is 51.5 Å². The molecule has 1 heterocycles. The van der Waals surface area contributed by atoms with Gasteiger partial charge in [0.15, 0.2) is 9.84 Å². The highest BCUT2D eigenvalue weighted by molar-refractivity contribution is 7.99. The minimum Gasteiger partial charge on any atom is -0.382 e. The van der Waals surface area contributed by atoms with Crippen LogP contribution in [0.1, 0.15) is 0 Å². The number of hydrogen-bond acceptors (Lipinski definition) is 6. The Hall–Kier alpha value is -1.60. The normalized spacial score (nSPS) is 11.4. The van der Waals surface area contributed by atoms with Crippen molar-refractivity contribution in [1.82, 2.24) is 9.97 Å². The molecule has 18 heavy (non-hydrogen) atoms. The maximum Gasteiger partial charge on any atom is 0.175 e. The molecule has 2 N–H and O–H groups in total. The zero-order chi connectivity index (χ0) is 13.2. The van der Waals surface area contributed by atoms with Gasteiger partial charge in [0.2, 0.25) is 0 Å². The van der Waals surface area contributed by atoms with Gasteiger partial charge in [-0.2, -0.15) is 0 Å². The molecule has 0 saturated heterocycles. The summed E-state index contributed by atoms with van der Waals surface area (Å²) in [5.41, 5.74) is 5.44. The molecule has 0 amide bonds. The second-order valence-corrected chi connectivity index (χ2v) is 6.73. The quantitative estimate of drug-likeness (QED) is 0.920. The minimum atomic E-state index is -3.15. The van der Waals surface area contributed by atoms with E-state index in [4.69, 9.17) is 5.73 Å². The molecular formula is C11H11N3O2S2. The number of aromatic nitrogens is 2.